The molecule has 0 heterocycles. The molecule has 4 rings (SSSR count). The highest BCUT2D eigenvalue weighted by atomic mass is 16.5. The van der Waals surface area contributed by atoms with Crippen LogP contribution in [0.25, 0.3) is 12.2 Å². The van der Waals surface area contributed by atoms with Crippen LogP contribution in [0.3, 0.4) is 0 Å². The Morgan fingerprint density at radius 1 is 0.571 bits per heavy atom. The summed E-state index contributed by atoms with van der Waals surface area (Å²) in [5, 5.41) is 19.9. The number of phenolic OH excluding ortho intramolecular Hbond substituents is 2. The molecule has 2 N–H and O–H groups in total. The highest BCUT2D eigenvalue weighted by molar-refractivity contribution is 5.96. The van der Waals surface area contributed by atoms with Gasteiger partial charge in [-0.3, -0.25) is 4.79 Å². The van der Waals surface area contributed by atoms with E-state index in [1.54, 1.807) is 89.1 Å². The van der Waals surface area contributed by atoms with Crippen molar-refractivity contribution in [2.75, 3.05) is 28.4 Å². The van der Waals surface area contributed by atoms with Crippen molar-refractivity contribution >= 4 is 17.9 Å². The standard InChI is InChI=1S/C35H34O7/c1-39-29-17-9-25(33(21-29)41-3)11-19-31(23-5-13-27(36)14-6-23)35(38)32(24-7-15-28(37)16-8-24)20-12-26-10-18-30(40-2)22-34(26)42-4/h5-22,31-32,36-37H,1-4H3/b19-11+,20-12+. The number of Topliss-reactive ketones (excluding diaryl/α,β-unsaturated/α-hetero) is 1. The van der Waals surface area contributed by atoms with Crippen LogP contribution < -0.4 is 18.9 Å². The van der Waals surface area contributed by atoms with Gasteiger partial charge in [0.25, 0.3) is 0 Å². The summed E-state index contributed by atoms with van der Waals surface area (Å²) in [5.41, 5.74) is 2.96. The fraction of sp³-hybridized carbons (Fsp3) is 0.171. The Bertz CT molecular complexity index is 1440. The number of rotatable bonds is 12. The van der Waals surface area contributed by atoms with E-state index in [0.29, 0.717) is 34.1 Å². The van der Waals surface area contributed by atoms with Crippen LogP contribution in [0.1, 0.15) is 34.1 Å². The molecule has 7 nitrogen and oxygen atoms in total. The first kappa shape index (κ1) is 29.8. The van der Waals surface area contributed by atoms with Crippen molar-refractivity contribution < 1.29 is 34.0 Å². The fourth-order valence-corrected chi connectivity index (χ4v) is 4.61. The summed E-state index contributed by atoms with van der Waals surface area (Å²) in [5.74, 6) is 1.24. The molecule has 4 aromatic rings. The van der Waals surface area contributed by atoms with Crippen LogP contribution in [-0.2, 0) is 4.79 Å². The number of allylic oxidation sites excluding steroid dienone is 2. The zero-order valence-corrected chi connectivity index (χ0v) is 24.0. The molecule has 0 aliphatic rings. The molecule has 0 amide bonds. The lowest BCUT2D eigenvalue weighted by atomic mass is 9.82. The Balaban J connectivity index is 1.79. The lowest BCUT2D eigenvalue weighted by Gasteiger charge is -2.20. The minimum absolute atomic E-state index is 0.104. The van der Waals surface area contributed by atoms with Crippen molar-refractivity contribution in [2.24, 2.45) is 0 Å². The summed E-state index contributed by atoms with van der Waals surface area (Å²) in [6, 6.07) is 24.1. The molecule has 0 aromatic heterocycles. The van der Waals surface area contributed by atoms with Crippen molar-refractivity contribution in [3.05, 3.63) is 119 Å². The molecule has 4 aromatic carbocycles. The van der Waals surface area contributed by atoms with Gasteiger partial charge in [0.05, 0.1) is 40.3 Å². The van der Waals surface area contributed by atoms with Gasteiger partial charge < -0.3 is 29.2 Å². The zero-order chi connectivity index (χ0) is 30.1. The number of ketones is 1. The summed E-state index contributed by atoms with van der Waals surface area (Å²) in [6.07, 6.45) is 7.35. The van der Waals surface area contributed by atoms with Gasteiger partial charge in [-0.2, -0.15) is 0 Å². The number of methoxy groups -OCH3 is 4. The number of ether oxygens (including phenoxy) is 4. The van der Waals surface area contributed by atoms with Gasteiger partial charge in [0.15, 0.2) is 5.78 Å². The normalized spacial score (nSPS) is 12.7. The van der Waals surface area contributed by atoms with Gasteiger partial charge in [0.2, 0.25) is 0 Å². The average Bonchev–Trinajstić information content (AvgIpc) is 3.02. The molecule has 0 radical (unpaired) electrons. The molecule has 42 heavy (non-hydrogen) atoms. The van der Waals surface area contributed by atoms with E-state index < -0.39 is 11.8 Å². The molecule has 216 valence electrons. The van der Waals surface area contributed by atoms with E-state index in [9.17, 15) is 15.0 Å². The first-order valence-electron chi connectivity index (χ1n) is 13.3. The van der Waals surface area contributed by atoms with E-state index in [0.717, 1.165) is 11.1 Å². The summed E-state index contributed by atoms with van der Waals surface area (Å²) < 4.78 is 21.7. The van der Waals surface area contributed by atoms with E-state index in [-0.39, 0.29) is 17.3 Å². The van der Waals surface area contributed by atoms with Crippen LogP contribution >= 0.6 is 0 Å². The number of phenols is 2. The maximum Gasteiger partial charge on any atom is 0.155 e. The Morgan fingerprint density at radius 3 is 1.29 bits per heavy atom. The molecular weight excluding hydrogens is 532 g/mol. The molecule has 0 fully saturated rings. The van der Waals surface area contributed by atoms with E-state index in [2.05, 4.69) is 0 Å². The number of carbonyl (C=O) groups is 1. The number of benzene rings is 4. The Hall–Kier alpha value is -5.17. The van der Waals surface area contributed by atoms with Gasteiger partial charge in [-0.05, 0) is 59.7 Å². The molecule has 0 bridgehead atoms. The Morgan fingerprint density at radius 2 is 0.952 bits per heavy atom. The highest BCUT2D eigenvalue weighted by Gasteiger charge is 2.27. The van der Waals surface area contributed by atoms with E-state index in [4.69, 9.17) is 18.9 Å². The molecule has 0 saturated heterocycles. The molecule has 0 aliphatic heterocycles. The minimum atomic E-state index is -0.682. The summed E-state index contributed by atoms with van der Waals surface area (Å²) in [4.78, 5) is 14.4. The third-order valence-corrected chi connectivity index (χ3v) is 6.94. The summed E-state index contributed by atoms with van der Waals surface area (Å²) >= 11 is 0. The molecule has 0 saturated carbocycles. The second-order valence-corrected chi connectivity index (χ2v) is 9.47. The maximum atomic E-state index is 14.4. The Kier molecular flexibility index (Phi) is 9.90. The Labute approximate surface area is 245 Å². The number of hydrogen-bond donors (Lipinski definition) is 2. The van der Waals surface area contributed by atoms with Crippen molar-refractivity contribution in [1.82, 2.24) is 0 Å². The van der Waals surface area contributed by atoms with Crippen LogP contribution in [-0.4, -0.2) is 44.4 Å². The first-order chi connectivity index (χ1) is 20.4. The second-order valence-electron chi connectivity index (χ2n) is 9.47. The lowest BCUT2D eigenvalue weighted by Crippen LogP contribution is -2.18. The topological polar surface area (TPSA) is 94.5 Å². The SMILES string of the molecule is COc1ccc(/C=C/C(C(=O)C(/C=C/c2ccc(OC)cc2OC)c2ccc(O)cc2)c2ccc(O)cc2)c(OC)c1. The van der Waals surface area contributed by atoms with Gasteiger partial charge in [-0.1, -0.05) is 48.6 Å². The summed E-state index contributed by atoms with van der Waals surface area (Å²) in [6.45, 7) is 0. The highest BCUT2D eigenvalue weighted by Crippen LogP contribution is 2.34. The third kappa shape index (κ3) is 7.12. The van der Waals surface area contributed by atoms with E-state index in [1.807, 2.05) is 48.6 Å². The van der Waals surface area contributed by atoms with Crippen molar-refractivity contribution in [3.8, 4) is 34.5 Å². The van der Waals surface area contributed by atoms with Crippen LogP contribution in [0, 0.1) is 0 Å². The molecule has 0 spiro atoms. The van der Waals surface area contributed by atoms with Crippen molar-refractivity contribution in [1.29, 1.82) is 0 Å². The summed E-state index contributed by atoms with van der Waals surface area (Å²) in [7, 11) is 6.33. The van der Waals surface area contributed by atoms with Gasteiger partial charge in [-0.15, -0.1) is 0 Å². The predicted molar refractivity (Wildman–Crippen MR) is 164 cm³/mol. The van der Waals surface area contributed by atoms with Gasteiger partial charge in [0, 0.05) is 23.3 Å². The predicted octanol–water partition coefficient (Wildman–Crippen LogP) is 7.00. The largest absolute Gasteiger partial charge is 0.508 e. The van der Waals surface area contributed by atoms with Crippen LogP contribution in [0.15, 0.2) is 97.1 Å². The zero-order valence-electron chi connectivity index (χ0n) is 24.0. The molecule has 2 atom stereocenters. The second kappa shape index (κ2) is 13.9. The first-order valence-corrected chi connectivity index (χ1v) is 13.3. The molecule has 2 unspecified atom stereocenters. The van der Waals surface area contributed by atoms with E-state index in [1.165, 1.54) is 0 Å². The van der Waals surface area contributed by atoms with Crippen LogP contribution in [0.4, 0.5) is 0 Å². The maximum absolute atomic E-state index is 14.4. The monoisotopic (exact) mass is 566 g/mol. The molecule has 7 heteroatoms. The van der Waals surface area contributed by atoms with Gasteiger partial charge in [0.1, 0.15) is 34.5 Å². The van der Waals surface area contributed by atoms with Crippen molar-refractivity contribution in [3.63, 3.8) is 0 Å². The van der Waals surface area contributed by atoms with Crippen LogP contribution in [0.5, 0.6) is 34.5 Å². The quantitative estimate of drug-likeness (QED) is 0.191. The van der Waals surface area contributed by atoms with Crippen molar-refractivity contribution in [2.45, 2.75) is 11.8 Å². The lowest BCUT2D eigenvalue weighted by molar-refractivity contribution is -0.120. The van der Waals surface area contributed by atoms with Crippen LogP contribution in [0.2, 0.25) is 0 Å². The number of hydrogen-bond acceptors (Lipinski definition) is 7. The smallest absolute Gasteiger partial charge is 0.155 e. The molecule has 0 aliphatic carbocycles. The van der Waals surface area contributed by atoms with E-state index >= 15 is 0 Å². The average molecular weight is 567 g/mol. The van der Waals surface area contributed by atoms with Gasteiger partial charge in [-0.25, -0.2) is 0 Å². The number of aromatic hydroxyl groups is 2. The third-order valence-electron chi connectivity index (χ3n) is 6.94. The fourth-order valence-electron chi connectivity index (χ4n) is 4.61. The van der Waals surface area contributed by atoms with Gasteiger partial charge >= 0.3 is 0 Å². The molecular formula is C35H34O7. The number of carbonyl (C=O) groups excluding carboxylic acids is 1. The minimum Gasteiger partial charge on any atom is -0.508 e.